The lowest BCUT2D eigenvalue weighted by atomic mass is 10.0. The molecular weight excluding hydrogens is 176 g/mol. The van der Waals surface area contributed by atoms with Crippen LogP contribution in [-0.2, 0) is 0 Å². The van der Waals surface area contributed by atoms with E-state index in [-0.39, 0.29) is 0 Å². The third-order valence-corrected chi connectivity index (χ3v) is 3.64. The van der Waals surface area contributed by atoms with Crippen molar-refractivity contribution in [3.63, 3.8) is 0 Å². The Morgan fingerprint density at radius 2 is 1.86 bits per heavy atom. The summed E-state index contributed by atoms with van der Waals surface area (Å²) >= 11 is 0. The van der Waals surface area contributed by atoms with Gasteiger partial charge in [0.05, 0.1) is 0 Å². The molecule has 2 aliphatic heterocycles. The standard InChI is InChI=1S/C10H22N4/c1-12-6-10(7-12)14-4-3-13(2)9(5-11)8-14/h9-10H,3-8,11H2,1-2H3. The molecule has 2 aliphatic rings. The van der Waals surface area contributed by atoms with Gasteiger partial charge in [-0.15, -0.1) is 0 Å². The number of likely N-dealkylation sites (tertiary alicyclic amines) is 1. The van der Waals surface area contributed by atoms with Gasteiger partial charge in [-0.05, 0) is 14.1 Å². The first kappa shape index (κ1) is 10.4. The van der Waals surface area contributed by atoms with Gasteiger partial charge >= 0.3 is 0 Å². The molecule has 0 saturated carbocycles. The van der Waals surface area contributed by atoms with Gasteiger partial charge in [0.1, 0.15) is 0 Å². The largest absolute Gasteiger partial charge is 0.329 e. The Labute approximate surface area is 86.6 Å². The van der Waals surface area contributed by atoms with E-state index in [1.54, 1.807) is 0 Å². The molecule has 2 saturated heterocycles. The minimum absolute atomic E-state index is 0.564. The minimum Gasteiger partial charge on any atom is -0.329 e. The molecule has 0 aromatic heterocycles. The topological polar surface area (TPSA) is 35.7 Å². The van der Waals surface area contributed by atoms with Crippen molar-refractivity contribution in [1.82, 2.24) is 14.7 Å². The van der Waals surface area contributed by atoms with E-state index < -0.39 is 0 Å². The van der Waals surface area contributed by atoms with Crippen molar-refractivity contribution in [2.24, 2.45) is 5.73 Å². The van der Waals surface area contributed by atoms with Crippen molar-refractivity contribution in [3.8, 4) is 0 Å². The summed E-state index contributed by atoms with van der Waals surface area (Å²) in [7, 11) is 4.37. The molecular formula is C10H22N4. The van der Waals surface area contributed by atoms with E-state index in [1.165, 1.54) is 26.2 Å². The molecule has 0 spiro atoms. The maximum atomic E-state index is 5.76. The second-order valence-electron chi connectivity index (χ2n) is 4.74. The lowest BCUT2D eigenvalue weighted by Gasteiger charge is -2.48. The second-order valence-corrected chi connectivity index (χ2v) is 4.74. The lowest BCUT2D eigenvalue weighted by Crippen LogP contribution is -2.64. The summed E-state index contributed by atoms with van der Waals surface area (Å²) in [5.74, 6) is 0. The normalized spacial score (nSPS) is 33.2. The molecule has 1 atom stereocenters. The quantitative estimate of drug-likeness (QED) is 0.609. The van der Waals surface area contributed by atoms with Gasteiger partial charge in [0.15, 0.2) is 0 Å². The van der Waals surface area contributed by atoms with Crippen LogP contribution in [0.5, 0.6) is 0 Å². The fourth-order valence-corrected chi connectivity index (χ4v) is 2.45. The zero-order chi connectivity index (χ0) is 10.1. The van der Waals surface area contributed by atoms with E-state index in [9.17, 15) is 0 Å². The van der Waals surface area contributed by atoms with E-state index >= 15 is 0 Å². The SMILES string of the molecule is CN1CC(N2CCN(C)C(CN)C2)C1. The summed E-state index contributed by atoms with van der Waals surface area (Å²) in [6, 6.07) is 1.36. The minimum atomic E-state index is 0.564. The molecule has 0 amide bonds. The molecule has 2 N–H and O–H groups in total. The summed E-state index contributed by atoms with van der Waals surface area (Å²) in [5.41, 5.74) is 5.76. The monoisotopic (exact) mass is 198 g/mol. The number of piperazine rings is 1. The third-order valence-electron chi connectivity index (χ3n) is 3.64. The van der Waals surface area contributed by atoms with Crippen LogP contribution in [0.1, 0.15) is 0 Å². The van der Waals surface area contributed by atoms with Crippen LogP contribution in [0.25, 0.3) is 0 Å². The van der Waals surface area contributed by atoms with E-state index in [0.29, 0.717) is 6.04 Å². The molecule has 0 aromatic carbocycles. The number of hydrogen-bond donors (Lipinski definition) is 1. The smallest absolute Gasteiger partial charge is 0.0351 e. The highest BCUT2D eigenvalue weighted by Crippen LogP contribution is 2.16. The van der Waals surface area contributed by atoms with Crippen LogP contribution in [0.15, 0.2) is 0 Å². The Morgan fingerprint density at radius 1 is 1.14 bits per heavy atom. The Balaban J connectivity index is 1.84. The maximum Gasteiger partial charge on any atom is 0.0351 e. The van der Waals surface area contributed by atoms with Gasteiger partial charge in [-0.2, -0.15) is 0 Å². The van der Waals surface area contributed by atoms with Gasteiger partial charge in [0.25, 0.3) is 0 Å². The number of nitrogens with zero attached hydrogens (tertiary/aromatic N) is 3. The van der Waals surface area contributed by atoms with E-state index in [4.69, 9.17) is 5.73 Å². The van der Waals surface area contributed by atoms with Crippen LogP contribution < -0.4 is 5.73 Å². The summed E-state index contributed by atoms with van der Waals surface area (Å²) in [4.78, 5) is 7.37. The molecule has 82 valence electrons. The number of rotatable bonds is 2. The average molecular weight is 198 g/mol. The third kappa shape index (κ3) is 1.93. The van der Waals surface area contributed by atoms with Gasteiger partial charge in [0.2, 0.25) is 0 Å². The van der Waals surface area contributed by atoms with Gasteiger partial charge in [-0.1, -0.05) is 0 Å². The van der Waals surface area contributed by atoms with Crippen molar-refractivity contribution in [3.05, 3.63) is 0 Å². The van der Waals surface area contributed by atoms with E-state index in [0.717, 1.165) is 19.1 Å². The molecule has 1 unspecified atom stereocenters. The Bertz CT molecular complexity index is 191. The highest BCUT2D eigenvalue weighted by molar-refractivity contribution is 4.91. The maximum absolute atomic E-state index is 5.76. The molecule has 0 aromatic rings. The van der Waals surface area contributed by atoms with Crippen LogP contribution in [0.2, 0.25) is 0 Å². The first-order valence-corrected chi connectivity index (χ1v) is 5.53. The summed E-state index contributed by atoms with van der Waals surface area (Å²) in [6.45, 7) is 6.80. The molecule has 2 fully saturated rings. The molecule has 4 nitrogen and oxygen atoms in total. The second kappa shape index (κ2) is 4.14. The highest BCUT2D eigenvalue weighted by atomic mass is 15.3. The predicted octanol–water partition coefficient (Wildman–Crippen LogP) is -1.12. The summed E-state index contributed by atoms with van der Waals surface area (Å²) < 4.78 is 0. The van der Waals surface area contributed by atoms with Gasteiger partial charge in [-0.3, -0.25) is 9.80 Å². The molecule has 0 bridgehead atoms. The Kier molecular flexibility index (Phi) is 3.07. The zero-order valence-electron chi connectivity index (χ0n) is 9.32. The predicted molar refractivity (Wildman–Crippen MR) is 58.3 cm³/mol. The molecule has 2 heterocycles. The molecule has 0 aliphatic carbocycles. The van der Waals surface area contributed by atoms with Gasteiger partial charge in [-0.25, -0.2) is 0 Å². The first-order valence-electron chi connectivity index (χ1n) is 5.53. The van der Waals surface area contributed by atoms with Crippen LogP contribution >= 0.6 is 0 Å². The van der Waals surface area contributed by atoms with Crippen LogP contribution in [0.4, 0.5) is 0 Å². The first-order chi connectivity index (χ1) is 6.70. The Hall–Kier alpha value is -0.160. The molecule has 0 radical (unpaired) electrons. The van der Waals surface area contributed by atoms with Crippen molar-refractivity contribution in [2.45, 2.75) is 12.1 Å². The molecule has 4 heteroatoms. The number of nitrogens with two attached hydrogens (primary N) is 1. The zero-order valence-corrected chi connectivity index (χ0v) is 9.32. The van der Waals surface area contributed by atoms with Gasteiger partial charge in [0, 0.05) is 51.4 Å². The van der Waals surface area contributed by atoms with Crippen molar-refractivity contribution in [2.75, 3.05) is 53.4 Å². The fraction of sp³-hybridized carbons (Fsp3) is 1.00. The van der Waals surface area contributed by atoms with Crippen molar-refractivity contribution >= 4 is 0 Å². The summed E-state index contributed by atoms with van der Waals surface area (Å²) in [6.07, 6.45) is 0. The number of hydrogen-bond acceptors (Lipinski definition) is 4. The number of likely N-dealkylation sites (N-methyl/N-ethyl adjacent to an activating group) is 2. The van der Waals surface area contributed by atoms with Gasteiger partial charge < -0.3 is 10.6 Å². The molecule has 14 heavy (non-hydrogen) atoms. The van der Waals surface area contributed by atoms with Crippen LogP contribution in [0.3, 0.4) is 0 Å². The van der Waals surface area contributed by atoms with E-state index in [2.05, 4.69) is 28.8 Å². The van der Waals surface area contributed by atoms with Crippen molar-refractivity contribution < 1.29 is 0 Å². The van der Waals surface area contributed by atoms with Crippen LogP contribution in [0, 0.1) is 0 Å². The van der Waals surface area contributed by atoms with E-state index in [1.807, 2.05) is 0 Å². The van der Waals surface area contributed by atoms with Crippen LogP contribution in [-0.4, -0.2) is 80.1 Å². The molecule has 2 rings (SSSR count). The van der Waals surface area contributed by atoms with Crippen molar-refractivity contribution in [1.29, 1.82) is 0 Å². The highest BCUT2D eigenvalue weighted by Gasteiger charge is 2.33. The Morgan fingerprint density at radius 3 is 2.43 bits per heavy atom. The lowest BCUT2D eigenvalue weighted by molar-refractivity contribution is 0.00283. The fourth-order valence-electron chi connectivity index (χ4n) is 2.45. The summed E-state index contributed by atoms with van der Waals surface area (Å²) in [5, 5.41) is 0. The average Bonchev–Trinajstić information content (AvgIpc) is 2.14.